The van der Waals surface area contributed by atoms with E-state index < -0.39 is 0 Å². The maximum Gasteiger partial charge on any atom is 0.177 e. The molecule has 0 atom stereocenters. The smallest absolute Gasteiger partial charge is 0.177 e. The summed E-state index contributed by atoms with van der Waals surface area (Å²) >= 11 is 2.30. The standard InChI is InChI=1S/C14H17IN6O/c1-3-20-13(15)12(8-16-20)14-17-18-19-21(14)9-10-4-6-11(22-2)7-5-10/h4-8,18-19H,3,9H2,1-2H3. The van der Waals surface area contributed by atoms with Crippen molar-refractivity contribution in [3.05, 3.63) is 45.3 Å². The third-order valence-corrected chi connectivity index (χ3v) is 4.56. The fraction of sp³-hybridized carbons (Fsp3) is 0.286. The van der Waals surface area contributed by atoms with Crippen molar-refractivity contribution < 1.29 is 4.74 Å². The number of aryl methyl sites for hydroxylation is 1. The Kier molecular flexibility index (Phi) is 4.48. The average molecular weight is 412 g/mol. The molecule has 0 saturated carbocycles. The highest BCUT2D eigenvalue weighted by Gasteiger charge is 2.23. The Labute approximate surface area is 142 Å². The predicted molar refractivity (Wildman–Crippen MR) is 92.0 cm³/mol. The van der Waals surface area contributed by atoms with Crippen LogP contribution < -0.4 is 15.8 Å². The van der Waals surface area contributed by atoms with Gasteiger partial charge in [-0.05, 0) is 47.2 Å². The Morgan fingerprint density at radius 3 is 2.68 bits per heavy atom. The largest absolute Gasteiger partial charge is 0.497 e. The summed E-state index contributed by atoms with van der Waals surface area (Å²) in [5, 5.41) is 10.7. The number of hydrazone groups is 1. The second-order valence-corrected chi connectivity index (χ2v) is 5.78. The third-order valence-electron chi connectivity index (χ3n) is 3.42. The number of hydrazine groups is 2. The van der Waals surface area contributed by atoms with Gasteiger partial charge in [0.2, 0.25) is 0 Å². The lowest BCUT2D eigenvalue weighted by atomic mass is 10.2. The Balaban J connectivity index is 1.79. The van der Waals surface area contributed by atoms with Crippen molar-refractivity contribution in [2.45, 2.75) is 20.0 Å². The minimum absolute atomic E-state index is 0.684. The molecule has 22 heavy (non-hydrogen) atoms. The van der Waals surface area contributed by atoms with E-state index in [4.69, 9.17) is 4.74 Å². The van der Waals surface area contributed by atoms with Crippen LogP contribution in [0, 0.1) is 3.70 Å². The molecule has 0 fully saturated rings. The van der Waals surface area contributed by atoms with Crippen molar-refractivity contribution in [3.63, 3.8) is 0 Å². The van der Waals surface area contributed by atoms with Gasteiger partial charge in [0.05, 0.1) is 25.4 Å². The van der Waals surface area contributed by atoms with Gasteiger partial charge in [-0.1, -0.05) is 12.1 Å². The molecule has 2 heterocycles. The van der Waals surface area contributed by atoms with Crippen molar-refractivity contribution in [2.24, 2.45) is 5.10 Å². The zero-order chi connectivity index (χ0) is 15.5. The minimum Gasteiger partial charge on any atom is -0.497 e. The van der Waals surface area contributed by atoms with Crippen LogP contribution in [0.25, 0.3) is 0 Å². The van der Waals surface area contributed by atoms with Crippen LogP contribution in [0.15, 0.2) is 35.6 Å². The van der Waals surface area contributed by atoms with Crippen LogP contribution in [0.4, 0.5) is 0 Å². The van der Waals surface area contributed by atoms with Gasteiger partial charge in [0.1, 0.15) is 9.45 Å². The van der Waals surface area contributed by atoms with Gasteiger partial charge in [-0.25, -0.2) is 5.53 Å². The normalized spacial score (nSPS) is 14.0. The van der Waals surface area contributed by atoms with Gasteiger partial charge in [-0.3, -0.25) is 9.69 Å². The highest BCUT2D eigenvalue weighted by molar-refractivity contribution is 14.1. The quantitative estimate of drug-likeness (QED) is 0.733. The Morgan fingerprint density at radius 1 is 1.27 bits per heavy atom. The van der Waals surface area contributed by atoms with E-state index >= 15 is 0 Å². The van der Waals surface area contributed by atoms with Gasteiger partial charge >= 0.3 is 0 Å². The van der Waals surface area contributed by atoms with Gasteiger partial charge in [-0.2, -0.15) is 5.10 Å². The first-order valence-electron chi connectivity index (χ1n) is 6.93. The fourth-order valence-electron chi connectivity index (χ4n) is 2.23. The fourth-order valence-corrected chi connectivity index (χ4v) is 3.07. The Bertz CT molecular complexity index is 681. The molecule has 0 aliphatic carbocycles. The van der Waals surface area contributed by atoms with E-state index in [0.29, 0.717) is 6.54 Å². The molecule has 0 amide bonds. The molecule has 8 heteroatoms. The summed E-state index contributed by atoms with van der Waals surface area (Å²) in [7, 11) is 1.67. The molecule has 0 saturated heterocycles. The molecular formula is C14H17IN6O. The van der Waals surface area contributed by atoms with Crippen LogP contribution in [0.5, 0.6) is 5.75 Å². The summed E-state index contributed by atoms with van der Waals surface area (Å²) in [5.41, 5.74) is 8.02. The molecule has 2 aromatic rings. The second kappa shape index (κ2) is 6.53. The van der Waals surface area contributed by atoms with E-state index in [1.807, 2.05) is 40.2 Å². The average Bonchev–Trinajstić information content (AvgIpc) is 3.14. The number of hydrogen-bond acceptors (Lipinski definition) is 6. The number of hydrogen-bond donors (Lipinski definition) is 2. The van der Waals surface area contributed by atoms with Crippen LogP contribution in [-0.4, -0.2) is 27.7 Å². The van der Waals surface area contributed by atoms with E-state index in [1.54, 1.807) is 7.11 Å². The first-order valence-corrected chi connectivity index (χ1v) is 8.01. The van der Waals surface area contributed by atoms with E-state index in [2.05, 4.69) is 50.8 Å². The van der Waals surface area contributed by atoms with Gasteiger partial charge in [0, 0.05) is 6.54 Å². The molecular weight excluding hydrogens is 395 g/mol. The van der Waals surface area contributed by atoms with E-state index in [-0.39, 0.29) is 0 Å². The lowest BCUT2D eigenvalue weighted by Crippen LogP contribution is -2.40. The summed E-state index contributed by atoms with van der Waals surface area (Å²) < 4.78 is 8.20. The minimum atomic E-state index is 0.684. The maximum absolute atomic E-state index is 5.18. The summed E-state index contributed by atoms with van der Waals surface area (Å²) in [6.07, 6.45) is 1.85. The topological polar surface area (TPSA) is 66.7 Å². The van der Waals surface area contributed by atoms with E-state index in [9.17, 15) is 0 Å². The van der Waals surface area contributed by atoms with Gasteiger partial charge < -0.3 is 4.74 Å². The second-order valence-electron chi connectivity index (χ2n) is 4.76. The first kappa shape index (κ1) is 15.1. The lowest BCUT2D eigenvalue weighted by Gasteiger charge is -2.18. The van der Waals surface area contributed by atoms with Crippen LogP contribution in [0.3, 0.4) is 0 Å². The molecule has 116 valence electrons. The molecule has 1 aromatic carbocycles. The number of aromatic nitrogens is 2. The van der Waals surface area contributed by atoms with Crippen molar-refractivity contribution in [1.29, 1.82) is 0 Å². The number of amidine groups is 1. The van der Waals surface area contributed by atoms with Crippen LogP contribution in [0.1, 0.15) is 18.1 Å². The van der Waals surface area contributed by atoms with Crippen LogP contribution >= 0.6 is 22.6 Å². The predicted octanol–water partition coefficient (Wildman–Crippen LogP) is 1.70. The van der Waals surface area contributed by atoms with Crippen molar-refractivity contribution in [3.8, 4) is 5.75 Å². The van der Waals surface area contributed by atoms with Crippen LogP contribution in [-0.2, 0) is 13.1 Å². The maximum atomic E-state index is 5.18. The number of nitrogens with zero attached hydrogens (tertiary/aromatic N) is 4. The molecule has 7 nitrogen and oxygen atoms in total. The van der Waals surface area contributed by atoms with Crippen molar-refractivity contribution in [2.75, 3.05) is 7.11 Å². The first-order chi connectivity index (χ1) is 10.7. The number of benzene rings is 1. The monoisotopic (exact) mass is 412 g/mol. The van der Waals surface area contributed by atoms with Crippen molar-refractivity contribution in [1.82, 2.24) is 25.9 Å². The zero-order valence-electron chi connectivity index (χ0n) is 12.4. The third kappa shape index (κ3) is 2.88. The van der Waals surface area contributed by atoms with E-state index in [1.165, 1.54) is 0 Å². The number of halogens is 1. The molecule has 3 rings (SSSR count). The Hall–Kier alpha value is -1.81. The molecule has 1 aliphatic rings. The van der Waals surface area contributed by atoms with Gasteiger partial charge in [-0.15, -0.1) is 10.6 Å². The zero-order valence-corrected chi connectivity index (χ0v) is 14.5. The van der Waals surface area contributed by atoms with Crippen molar-refractivity contribution >= 4 is 28.4 Å². The molecule has 1 aromatic heterocycles. The SMILES string of the molecule is CCn1ncc(C2=NNNN2Cc2ccc(OC)cc2)c1I. The van der Waals surface area contributed by atoms with Gasteiger partial charge in [0.15, 0.2) is 5.84 Å². The number of rotatable bonds is 5. The molecule has 0 spiro atoms. The molecule has 0 radical (unpaired) electrons. The summed E-state index contributed by atoms with van der Waals surface area (Å²) in [6.45, 7) is 3.59. The van der Waals surface area contributed by atoms with Gasteiger partial charge in [0.25, 0.3) is 0 Å². The number of nitrogens with one attached hydrogen (secondary N) is 2. The Morgan fingerprint density at radius 2 is 2.05 bits per heavy atom. The lowest BCUT2D eigenvalue weighted by molar-refractivity contribution is 0.288. The molecule has 0 unspecified atom stereocenters. The highest BCUT2D eigenvalue weighted by atomic mass is 127. The summed E-state index contributed by atoms with van der Waals surface area (Å²) in [5.74, 6) is 1.68. The summed E-state index contributed by atoms with van der Waals surface area (Å²) in [4.78, 5) is 0. The molecule has 2 N–H and O–H groups in total. The molecule has 1 aliphatic heterocycles. The van der Waals surface area contributed by atoms with Crippen LogP contribution in [0.2, 0.25) is 0 Å². The molecule has 0 bridgehead atoms. The number of ether oxygens (including phenoxy) is 1. The highest BCUT2D eigenvalue weighted by Crippen LogP contribution is 2.18. The summed E-state index contributed by atoms with van der Waals surface area (Å²) in [6, 6.07) is 7.98. The number of methoxy groups -OCH3 is 1. The van der Waals surface area contributed by atoms with E-state index in [0.717, 1.165) is 33.0 Å².